The maximum Gasteiger partial charge on any atom is 0.252 e. The van der Waals surface area contributed by atoms with Crippen molar-refractivity contribution in [2.24, 2.45) is 0 Å². The molecule has 0 aliphatic heterocycles. The Labute approximate surface area is 71.4 Å². The number of aliphatic hydroxyl groups excluding tert-OH is 1. The van der Waals surface area contributed by atoms with Gasteiger partial charge in [-0.3, -0.25) is 9.59 Å². The third kappa shape index (κ3) is 3.92. The molecule has 5 nitrogen and oxygen atoms in total. The van der Waals surface area contributed by atoms with E-state index >= 15 is 0 Å². The van der Waals surface area contributed by atoms with Gasteiger partial charge in [-0.1, -0.05) is 0 Å². The first kappa shape index (κ1) is 10.9. The first-order valence-corrected chi connectivity index (χ1v) is 3.58. The molecule has 0 bridgehead atoms. The number of aliphatic hydroxyl groups is 1. The second kappa shape index (κ2) is 4.71. The van der Waals surface area contributed by atoms with Crippen LogP contribution < -0.4 is 5.32 Å². The molecular formula is C7H14N2O3. The van der Waals surface area contributed by atoms with Gasteiger partial charge in [0.05, 0.1) is 6.54 Å². The van der Waals surface area contributed by atoms with E-state index < -0.39 is 12.0 Å². The van der Waals surface area contributed by atoms with Crippen LogP contribution in [0.1, 0.15) is 6.92 Å². The van der Waals surface area contributed by atoms with Crippen LogP contribution in [0.2, 0.25) is 0 Å². The highest BCUT2D eigenvalue weighted by Gasteiger charge is 2.16. The average Bonchev–Trinajstić information content (AvgIpc) is 1.98. The van der Waals surface area contributed by atoms with E-state index in [1.807, 2.05) is 0 Å². The number of amides is 2. The molecule has 0 heterocycles. The van der Waals surface area contributed by atoms with Gasteiger partial charge in [0.1, 0.15) is 6.10 Å². The molecule has 1 atom stereocenters. The second-order valence-electron chi connectivity index (χ2n) is 2.69. The zero-order chi connectivity index (χ0) is 9.72. The Morgan fingerprint density at radius 3 is 2.33 bits per heavy atom. The minimum atomic E-state index is -1.15. The molecule has 5 heteroatoms. The molecule has 0 saturated carbocycles. The molecule has 0 spiro atoms. The van der Waals surface area contributed by atoms with E-state index in [1.165, 1.54) is 11.8 Å². The van der Waals surface area contributed by atoms with Crippen molar-refractivity contribution in [1.29, 1.82) is 0 Å². The molecule has 0 aliphatic rings. The fourth-order valence-corrected chi connectivity index (χ4v) is 0.626. The van der Waals surface area contributed by atoms with E-state index in [2.05, 4.69) is 5.32 Å². The van der Waals surface area contributed by atoms with Crippen LogP contribution in [0.25, 0.3) is 0 Å². The zero-order valence-electron chi connectivity index (χ0n) is 7.50. The maximum absolute atomic E-state index is 11.0. The molecule has 1 unspecified atom stereocenters. The van der Waals surface area contributed by atoms with Gasteiger partial charge in [-0.25, -0.2) is 0 Å². The summed E-state index contributed by atoms with van der Waals surface area (Å²) in [7, 11) is 3.08. The van der Waals surface area contributed by atoms with E-state index in [0.717, 1.165) is 0 Å². The number of carbonyl (C=O) groups excluding carboxylic acids is 2. The third-order valence-electron chi connectivity index (χ3n) is 1.27. The molecule has 70 valence electrons. The van der Waals surface area contributed by atoms with Crippen LogP contribution in [0.5, 0.6) is 0 Å². The number of likely N-dealkylation sites (N-methyl/N-ethyl adjacent to an activating group) is 1. The van der Waals surface area contributed by atoms with Crippen LogP contribution in [0.15, 0.2) is 0 Å². The van der Waals surface area contributed by atoms with Crippen LogP contribution in [-0.2, 0) is 9.59 Å². The summed E-state index contributed by atoms with van der Waals surface area (Å²) in [6, 6.07) is 0. The number of nitrogens with one attached hydrogen (secondary N) is 1. The van der Waals surface area contributed by atoms with E-state index in [-0.39, 0.29) is 12.5 Å². The Bertz CT molecular complexity index is 179. The summed E-state index contributed by atoms with van der Waals surface area (Å²) < 4.78 is 0. The number of hydrogen-bond donors (Lipinski definition) is 2. The summed E-state index contributed by atoms with van der Waals surface area (Å²) in [6.07, 6.45) is -1.15. The molecule has 0 saturated heterocycles. The molecule has 0 rings (SSSR count). The maximum atomic E-state index is 11.0. The van der Waals surface area contributed by atoms with Gasteiger partial charge in [0.25, 0.3) is 5.91 Å². The van der Waals surface area contributed by atoms with Crippen LogP contribution in [0.4, 0.5) is 0 Å². The molecule has 0 aromatic heterocycles. The van der Waals surface area contributed by atoms with Crippen LogP contribution in [0, 0.1) is 0 Å². The summed E-state index contributed by atoms with van der Waals surface area (Å²) in [5.41, 5.74) is 0. The van der Waals surface area contributed by atoms with Crippen LogP contribution in [-0.4, -0.2) is 48.6 Å². The van der Waals surface area contributed by atoms with Crippen molar-refractivity contribution in [1.82, 2.24) is 10.2 Å². The van der Waals surface area contributed by atoms with Gasteiger partial charge in [0.2, 0.25) is 5.91 Å². The Balaban J connectivity index is 3.79. The smallest absolute Gasteiger partial charge is 0.252 e. The second-order valence-corrected chi connectivity index (χ2v) is 2.69. The number of carbonyl (C=O) groups is 2. The highest BCUT2D eigenvalue weighted by molar-refractivity contribution is 5.81. The molecule has 0 fully saturated rings. The summed E-state index contributed by atoms with van der Waals surface area (Å²) in [4.78, 5) is 22.6. The molecule has 0 aliphatic carbocycles. The minimum Gasteiger partial charge on any atom is -0.381 e. The van der Waals surface area contributed by atoms with Gasteiger partial charge in [-0.2, -0.15) is 0 Å². The van der Waals surface area contributed by atoms with Crippen LogP contribution in [0.3, 0.4) is 0 Å². The van der Waals surface area contributed by atoms with Crippen molar-refractivity contribution in [2.75, 3.05) is 20.6 Å². The molecule has 2 N–H and O–H groups in total. The summed E-state index contributed by atoms with van der Waals surface area (Å²) in [5, 5.41) is 11.5. The van der Waals surface area contributed by atoms with Gasteiger partial charge in [-0.05, 0) is 0 Å². The molecule has 12 heavy (non-hydrogen) atoms. The molecule has 0 aromatic rings. The Hall–Kier alpha value is -1.10. The predicted octanol–water partition coefficient (Wildman–Crippen LogP) is -1.43. The van der Waals surface area contributed by atoms with Crippen molar-refractivity contribution in [3.05, 3.63) is 0 Å². The van der Waals surface area contributed by atoms with Gasteiger partial charge in [0, 0.05) is 21.0 Å². The van der Waals surface area contributed by atoms with Crippen molar-refractivity contribution < 1.29 is 14.7 Å². The highest BCUT2D eigenvalue weighted by atomic mass is 16.3. The third-order valence-corrected chi connectivity index (χ3v) is 1.27. The number of rotatable bonds is 3. The lowest BCUT2D eigenvalue weighted by molar-refractivity contribution is -0.137. The summed E-state index contributed by atoms with van der Waals surface area (Å²) in [6.45, 7) is 1.29. The normalized spacial score (nSPS) is 12.0. The van der Waals surface area contributed by atoms with Crippen LogP contribution >= 0.6 is 0 Å². The average molecular weight is 174 g/mol. The Kier molecular flexibility index (Phi) is 4.28. The topological polar surface area (TPSA) is 69.6 Å². The van der Waals surface area contributed by atoms with Crippen molar-refractivity contribution in [3.8, 4) is 0 Å². The monoisotopic (exact) mass is 174 g/mol. The minimum absolute atomic E-state index is 0.0354. The molecule has 0 aromatic carbocycles. The van der Waals surface area contributed by atoms with Gasteiger partial charge >= 0.3 is 0 Å². The lowest BCUT2D eigenvalue weighted by Crippen LogP contribution is -2.41. The van der Waals surface area contributed by atoms with Gasteiger partial charge in [0.15, 0.2) is 0 Å². The summed E-state index contributed by atoms with van der Waals surface area (Å²) >= 11 is 0. The Morgan fingerprint density at radius 2 is 2.00 bits per heavy atom. The first-order valence-electron chi connectivity index (χ1n) is 3.58. The molecule has 2 amide bonds. The van der Waals surface area contributed by atoms with Gasteiger partial charge < -0.3 is 15.3 Å². The fraction of sp³-hybridized carbons (Fsp3) is 0.714. The largest absolute Gasteiger partial charge is 0.381 e. The van der Waals surface area contributed by atoms with E-state index in [9.17, 15) is 9.59 Å². The van der Waals surface area contributed by atoms with E-state index in [1.54, 1.807) is 14.1 Å². The van der Waals surface area contributed by atoms with E-state index in [0.29, 0.717) is 0 Å². The molecular weight excluding hydrogens is 160 g/mol. The quantitative estimate of drug-likeness (QED) is 0.551. The van der Waals surface area contributed by atoms with Crippen molar-refractivity contribution in [3.63, 3.8) is 0 Å². The number of hydrogen-bond acceptors (Lipinski definition) is 3. The lowest BCUT2D eigenvalue weighted by Gasteiger charge is -2.15. The fourth-order valence-electron chi connectivity index (χ4n) is 0.626. The van der Waals surface area contributed by atoms with Gasteiger partial charge in [-0.15, -0.1) is 0 Å². The van der Waals surface area contributed by atoms with Crippen molar-refractivity contribution >= 4 is 11.8 Å². The predicted molar refractivity (Wildman–Crippen MR) is 43.4 cm³/mol. The zero-order valence-corrected chi connectivity index (χ0v) is 7.50. The highest BCUT2D eigenvalue weighted by Crippen LogP contribution is 1.87. The SMILES string of the molecule is CC(=O)NCC(O)C(=O)N(C)C. The van der Waals surface area contributed by atoms with Crippen molar-refractivity contribution in [2.45, 2.75) is 13.0 Å². The molecule has 0 radical (unpaired) electrons. The van der Waals surface area contributed by atoms with E-state index in [4.69, 9.17) is 5.11 Å². The Morgan fingerprint density at radius 1 is 1.50 bits per heavy atom. The standard InChI is InChI=1S/C7H14N2O3/c1-5(10)8-4-6(11)7(12)9(2)3/h6,11H,4H2,1-3H3,(H,8,10). The first-order chi connectivity index (χ1) is 5.45. The lowest BCUT2D eigenvalue weighted by atomic mass is 10.3. The summed E-state index contributed by atoms with van der Waals surface area (Å²) in [5.74, 6) is -0.677. The number of nitrogens with zero attached hydrogens (tertiary/aromatic N) is 1.